The van der Waals surface area contributed by atoms with Gasteiger partial charge in [0.2, 0.25) is 0 Å². The maximum atomic E-state index is 12.5. The summed E-state index contributed by atoms with van der Waals surface area (Å²) in [7, 11) is 0. The molecule has 1 atom stereocenters. The van der Waals surface area contributed by atoms with Gasteiger partial charge in [0.05, 0.1) is 23.8 Å². The van der Waals surface area contributed by atoms with Gasteiger partial charge in [-0.3, -0.25) is 9.59 Å². The molecule has 3 aliphatic carbocycles. The van der Waals surface area contributed by atoms with Gasteiger partial charge in [0.25, 0.3) is 5.56 Å². The molecule has 1 aromatic heterocycles. The van der Waals surface area contributed by atoms with Crippen LogP contribution in [0.3, 0.4) is 0 Å². The molecular formula is C18H23ClN4O5. The highest BCUT2D eigenvalue weighted by Crippen LogP contribution is 2.52. The number of anilines is 1. The van der Waals surface area contributed by atoms with E-state index in [2.05, 4.69) is 15.5 Å². The molecule has 2 heterocycles. The molecule has 4 fully saturated rings. The van der Waals surface area contributed by atoms with Gasteiger partial charge in [-0.15, -0.1) is 0 Å². The Kier molecular flexibility index (Phi) is 4.73. The van der Waals surface area contributed by atoms with E-state index < -0.39 is 23.0 Å². The SMILES string of the molecule is O=C(NC12CCC(C(=O)O)(CC1)CC2)O[C@@H]1CCN(c2cn[nH]c(=O)c2Cl)C1. The van der Waals surface area contributed by atoms with E-state index >= 15 is 0 Å². The molecule has 10 heteroatoms. The first kappa shape index (κ1) is 19.0. The van der Waals surface area contributed by atoms with Gasteiger partial charge in [-0.05, 0) is 38.5 Å². The van der Waals surface area contributed by atoms with Crippen LogP contribution in [0.4, 0.5) is 10.5 Å². The van der Waals surface area contributed by atoms with Crippen molar-refractivity contribution in [2.45, 2.75) is 56.6 Å². The number of alkyl carbamates (subject to hydrolysis) is 1. The highest BCUT2D eigenvalue weighted by atomic mass is 35.5. The Hall–Kier alpha value is -2.29. The zero-order chi connectivity index (χ0) is 19.9. The standard InChI is InChI=1S/C18H23ClN4O5/c19-13-12(9-20-22-14(13)24)23-8-1-11(10-23)28-16(27)21-18-5-2-17(3-6-18,4-7-18)15(25)26/h9,11H,1-8,10H2,(H,21,27)(H,22,24)(H,25,26)/t11-,17?,18?/m1/s1. The molecule has 1 aliphatic heterocycles. The monoisotopic (exact) mass is 410 g/mol. The van der Waals surface area contributed by atoms with E-state index in [4.69, 9.17) is 16.3 Å². The van der Waals surface area contributed by atoms with Crippen LogP contribution in [-0.4, -0.2) is 52.1 Å². The van der Waals surface area contributed by atoms with Crippen LogP contribution in [0.15, 0.2) is 11.0 Å². The third kappa shape index (κ3) is 3.32. The molecule has 0 aromatic carbocycles. The average Bonchev–Trinajstić information content (AvgIpc) is 3.13. The smallest absolute Gasteiger partial charge is 0.407 e. The van der Waals surface area contributed by atoms with Crippen LogP contribution in [0.2, 0.25) is 5.02 Å². The fourth-order valence-corrected chi connectivity index (χ4v) is 4.94. The quantitative estimate of drug-likeness (QED) is 0.692. The number of ether oxygens (including phenoxy) is 1. The Morgan fingerprint density at radius 1 is 1.29 bits per heavy atom. The number of carboxylic acids is 1. The number of fused-ring (bicyclic) bond motifs is 3. The zero-order valence-corrected chi connectivity index (χ0v) is 16.1. The Labute approximate surface area is 166 Å². The molecule has 0 spiro atoms. The first-order chi connectivity index (χ1) is 13.3. The lowest BCUT2D eigenvalue weighted by Gasteiger charge is -2.51. The van der Waals surface area contributed by atoms with Crippen molar-refractivity contribution >= 4 is 29.4 Å². The zero-order valence-electron chi connectivity index (χ0n) is 15.4. The minimum atomic E-state index is -0.720. The van der Waals surface area contributed by atoms with Crippen molar-refractivity contribution in [3.05, 3.63) is 21.6 Å². The summed E-state index contributed by atoms with van der Waals surface area (Å²) in [4.78, 5) is 37.5. The number of halogens is 1. The van der Waals surface area contributed by atoms with Crippen LogP contribution in [0.1, 0.15) is 44.9 Å². The number of rotatable bonds is 4. The normalized spacial score (nSPS) is 31.6. The number of aromatic amines is 1. The number of hydrogen-bond donors (Lipinski definition) is 3. The van der Waals surface area contributed by atoms with Gasteiger partial charge in [-0.1, -0.05) is 11.6 Å². The molecule has 3 saturated carbocycles. The number of hydrogen-bond acceptors (Lipinski definition) is 6. The molecule has 1 amide bonds. The molecule has 0 unspecified atom stereocenters. The number of H-pyrrole nitrogens is 1. The van der Waals surface area contributed by atoms with Crippen molar-refractivity contribution in [3.63, 3.8) is 0 Å². The first-order valence-electron chi connectivity index (χ1n) is 9.53. The fraction of sp³-hybridized carbons (Fsp3) is 0.667. The van der Waals surface area contributed by atoms with Crippen molar-refractivity contribution in [1.29, 1.82) is 0 Å². The lowest BCUT2D eigenvalue weighted by atomic mass is 9.57. The van der Waals surface area contributed by atoms with E-state index in [0.29, 0.717) is 63.7 Å². The van der Waals surface area contributed by atoms with Gasteiger partial charge in [0, 0.05) is 18.5 Å². The average molecular weight is 411 g/mol. The number of aliphatic carboxylic acids is 1. The second kappa shape index (κ2) is 6.95. The summed E-state index contributed by atoms with van der Waals surface area (Å²) in [5.41, 5.74) is -0.889. The Morgan fingerprint density at radius 3 is 2.61 bits per heavy atom. The lowest BCUT2D eigenvalue weighted by molar-refractivity contribution is -0.156. The fourth-order valence-electron chi connectivity index (χ4n) is 4.73. The molecule has 1 aromatic rings. The van der Waals surface area contributed by atoms with Crippen molar-refractivity contribution in [3.8, 4) is 0 Å². The Balaban J connectivity index is 1.33. The van der Waals surface area contributed by atoms with E-state index in [1.807, 2.05) is 4.90 Å². The third-order valence-corrected chi connectivity index (χ3v) is 6.97. The van der Waals surface area contributed by atoms with Gasteiger partial charge in [-0.2, -0.15) is 5.10 Å². The molecule has 4 aliphatic rings. The number of carbonyl (C=O) groups excluding carboxylic acids is 1. The largest absolute Gasteiger partial charge is 0.481 e. The van der Waals surface area contributed by atoms with Gasteiger partial charge in [-0.25, -0.2) is 9.89 Å². The molecule has 3 N–H and O–H groups in total. The summed E-state index contributed by atoms with van der Waals surface area (Å²) in [5, 5.41) is 18.6. The number of carbonyl (C=O) groups is 2. The minimum absolute atomic E-state index is 0.0744. The number of amides is 1. The van der Waals surface area contributed by atoms with E-state index in [-0.39, 0.29) is 16.7 Å². The van der Waals surface area contributed by atoms with Crippen molar-refractivity contribution in [2.75, 3.05) is 18.0 Å². The second-order valence-corrected chi connectivity index (χ2v) is 8.53. The van der Waals surface area contributed by atoms with Gasteiger partial charge < -0.3 is 20.1 Å². The summed E-state index contributed by atoms with van der Waals surface area (Å²) < 4.78 is 5.60. The van der Waals surface area contributed by atoms with Crippen LogP contribution in [0.25, 0.3) is 0 Å². The highest BCUT2D eigenvalue weighted by molar-refractivity contribution is 6.33. The van der Waals surface area contributed by atoms with Crippen molar-refractivity contribution < 1.29 is 19.4 Å². The van der Waals surface area contributed by atoms with E-state index in [1.165, 1.54) is 6.20 Å². The molecule has 1 saturated heterocycles. The van der Waals surface area contributed by atoms with Crippen LogP contribution >= 0.6 is 11.6 Å². The van der Waals surface area contributed by atoms with Gasteiger partial charge in [0.1, 0.15) is 11.1 Å². The first-order valence-corrected chi connectivity index (χ1v) is 9.91. The van der Waals surface area contributed by atoms with E-state index in [9.17, 15) is 19.5 Å². The van der Waals surface area contributed by atoms with E-state index in [1.54, 1.807) is 0 Å². The van der Waals surface area contributed by atoms with Crippen molar-refractivity contribution in [2.24, 2.45) is 5.41 Å². The number of nitrogens with zero attached hydrogens (tertiary/aromatic N) is 2. The summed E-state index contributed by atoms with van der Waals surface area (Å²) in [6.07, 6.45) is 5.12. The Bertz CT molecular complexity index is 832. The van der Waals surface area contributed by atoms with Crippen LogP contribution in [-0.2, 0) is 9.53 Å². The summed E-state index contributed by atoms with van der Waals surface area (Å²) in [6, 6.07) is 0. The van der Waals surface area contributed by atoms with E-state index in [0.717, 1.165) is 0 Å². The predicted octanol–water partition coefficient (Wildman–Crippen LogP) is 1.91. The maximum Gasteiger partial charge on any atom is 0.407 e. The van der Waals surface area contributed by atoms with Crippen molar-refractivity contribution in [1.82, 2.24) is 15.5 Å². The molecule has 2 bridgehead atoms. The molecule has 28 heavy (non-hydrogen) atoms. The predicted molar refractivity (Wildman–Crippen MR) is 101 cm³/mol. The topological polar surface area (TPSA) is 125 Å². The number of carboxylic acid groups (broad SMARTS) is 1. The highest BCUT2D eigenvalue weighted by Gasteiger charge is 2.53. The molecular weight excluding hydrogens is 388 g/mol. The molecule has 9 nitrogen and oxygen atoms in total. The number of nitrogens with one attached hydrogen (secondary N) is 2. The minimum Gasteiger partial charge on any atom is -0.481 e. The summed E-state index contributed by atoms with van der Waals surface area (Å²) >= 11 is 6.04. The molecule has 5 rings (SSSR count). The second-order valence-electron chi connectivity index (χ2n) is 8.15. The Morgan fingerprint density at radius 2 is 1.96 bits per heavy atom. The maximum absolute atomic E-state index is 12.5. The molecule has 0 radical (unpaired) electrons. The molecule has 152 valence electrons. The summed E-state index contributed by atoms with van der Waals surface area (Å²) in [5.74, 6) is -0.720. The van der Waals surface area contributed by atoms with Gasteiger partial charge in [0.15, 0.2) is 0 Å². The van der Waals surface area contributed by atoms with Crippen LogP contribution in [0.5, 0.6) is 0 Å². The van der Waals surface area contributed by atoms with Crippen LogP contribution in [0, 0.1) is 5.41 Å². The summed E-state index contributed by atoms with van der Waals surface area (Å²) in [6.45, 7) is 1.04. The third-order valence-electron chi connectivity index (χ3n) is 6.60. The lowest BCUT2D eigenvalue weighted by Crippen LogP contribution is -2.58. The number of aromatic nitrogens is 2. The van der Waals surface area contributed by atoms with Gasteiger partial charge >= 0.3 is 12.1 Å². The van der Waals surface area contributed by atoms with Crippen LogP contribution < -0.4 is 15.8 Å².